The van der Waals surface area contributed by atoms with Gasteiger partial charge < -0.3 is 0 Å². The van der Waals surface area contributed by atoms with E-state index in [0.717, 1.165) is 5.69 Å². The fourth-order valence-electron chi connectivity index (χ4n) is 0.604. The second-order valence-corrected chi connectivity index (χ2v) is 2.67. The van der Waals surface area contributed by atoms with Gasteiger partial charge in [-0.3, -0.25) is 0 Å². The van der Waals surface area contributed by atoms with Crippen LogP contribution in [0.3, 0.4) is 0 Å². The van der Waals surface area contributed by atoms with Gasteiger partial charge in [0.05, 0.1) is 5.69 Å². The Morgan fingerprint density at radius 3 is 2.40 bits per heavy atom. The lowest BCUT2D eigenvalue weighted by atomic mass is 10.3. The van der Waals surface area contributed by atoms with Crippen molar-refractivity contribution in [3.8, 4) is 0 Å². The van der Waals surface area contributed by atoms with Crippen LogP contribution in [-0.2, 0) is 0 Å². The zero-order valence-electron chi connectivity index (χ0n) is 5.12. The van der Waals surface area contributed by atoms with Crippen molar-refractivity contribution in [2.24, 2.45) is 4.99 Å². The van der Waals surface area contributed by atoms with E-state index in [-0.39, 0.29) is 4.50 Å². The van der Waals surface area contributed by atoms with Gasteiger partial charge in [-0.25, -0.2) is 4.99 Å². The summed E-state index contributed by atoms with van der Waals surface area (Å²) in [6.07, 6.45) is 0. The first-order chi connectivity index (χ1) is 4.79. The highest BCUT2D eigenvalue weighted by molar-refractivity contribution is 8.00. The van der Waals surface area contributed by atoms with Crippen LogP contribution in [0.1, 0.15) is 0 Å². The molecule has 0 spiro atoms. The van der Waals surface area contributed by atoms with Gasteiger partial charge in [-0.2, -0.15) is 0 Å². The van der Waals surface area contributed by atoms with E-state index in [9.17, 15) is 0 Å². The van der Waals surface area contributed by atoms with E-state index in [0.29, 0.717) is 0 Å². The minimum Gasteiger partial charge on any atom is -0.226 e. The maximum absolute atomic E-state index is 5.38. The molecule has 0 aromatic heterocycles. The molecule has 0 aliphatic carbocycles. The SMILES string of the molecule is [S]C(Cl)=Nc1ccccc1. The molecule has 0 fully saturated rings. The largest absolute Gasteiger partial charge is 0.226 e. The summed E-state index contributed by atoms with van der Waals surface area (Å²) in [6, 6.07) is 9.36. The Hall–Kier alpha value is -0.600. The molecular weight excluding hydrogens is 166 g/mol. The predicted molar refractivity (Wildman–Crippen MR) is 47.0 cm³/mol. The molecule has 1 aromatic rings. The first-order valence-corrected chi connectivity index (χ1v) is 3.54. The Balaban J connectivity index is 2.87. The summed E-state index contributed by atoms with van der Waals surface area (Å²) in [5.41, 5.74) is 0.794. The molecule has 0 saturated heterocycles. The maximum Gasteiger partial charge on any atom is 0.194 e. The van der Waals surface area contributed by atoms with E-state index in [1.807, 2.05) is 30.3 Å². The predicted octanol–water partition coefficient (Wildman–Crippen LogP) is 3.11. The van der Waals surface area contributed by atoms with Gasteiger partial charge in [-0.1, -0.05) is 18.2 Å². The summed E-state index contributed by atoms with van der Waals surface area (Å²) < 4.78 is 0.145. The molecule has 10 heavy (non-hydrogen) atoms. The number of hydrogen-bond acceptors (Lipinski definition) is 1. The number of aliphatic imine (C=N–C) groups is 1. The molecule has 0 heterocycles. The van der Waals surface area contributed by atoms with E-state index in [1.54, 1.807) is 0 Å². The van der Waals surface area contributed by atoms with Gasteiger partial charge in [0, 0.05) is 0 Å². The van der Waals surface area contributed by atoms with Gasteiger partial charge in [0.15, 0.2) is 4.50 Å². The van der Waals surface area contributed by atoms with Crippen LogP contribution in [0.4, 0.5) is 5.69 Å². The third-order valence-electron chi connectivity index (χ3n) is 0.973. The van der Waals surface area contributed by atoms with Crippen molar-refractivity contribution in [2.45, 2.75) is 0 Å². The molecule has 1 rings (SSSR count). The average Bonchev–Trinajstić information content (AvgIpc) is 1.88. The highest BCUT2D eigenvalue weighted by atomic mass is 35.5. The molecule has 0 aliphatic rings. The molecule has 0 N–H and O–H groups in total. The Kier molecular flexibility index (Phi) is 2.66. The zero-order chi connectivity index (χ0) is 7.40. The Morgan fingerprint density at radius 1 is 1.30 bits per heavy atom. The van der Waals surface area contributed by atoms with Crippen molar-refractivity contribution in [3.05, 3.63) is 30.3 Å². The third-order valence-corrected chi connectivity index (χ3v) is 1.15. The molecule has 3 heteroatoms. The second-order valence-electron chi connectivity index (χ2n) is 1.70. The number of hydrogen-bond donors (Lipinski definition) is 0. The van der Waals surface area contributed by atoms with Crippen LogP contribution >= 0.6 is 24.2 Å². The van der Waals surface area contributed by atoms with Crippen molar-refractivity contribution in [1.82, 2.24) is 0 Å². The van der Waals surface area contributed by atoms with Crippen LogP contribution in [0.5, 0.6) is 0 Å². The topological polar surface area (TPSA) is 12.4 Å². The summed E-state index contributed by atoms with van der Waals surface area (Å²) in [7, 11) is 0. The third kappa shape index (κ3) is 2.33. The molecule has 1 nitrogen and oxygen atoms in total. The van der Waals surface area contributed by atoms with Crippen LogP contribution in [-0.4, -0.2) is 4.50 Å². The molecule has 51 valence electrons. The van der Waals surface area contributed by atoms with Crippen LogP contribution < -0.4 is 0 Å². The smallest absolute Gasteiger partial charge is 0.194 e. The normalized spacial score (nSPS) is 11.5. The monoisotopic (exact) mass is 170 g/mol. The van der Waals surface area contributed by atoms with Crippen LogP contribution in [0.2, 0.25) is 0 Å². The quantitative estimate of drug-likeness (QED) is 0.454. The molecule has 1 aromatic carbocycles. The number of nitrogens with zero attached hydrogens (tertiary/aromatic N) is 1. The zero-order valence-corrected chi connectivity index (χ0v) is 6.69. The average molecular weight is 171 g/mol. The fraction of sp³-hybridized carbons (Fsp3) is 0. The molecule has 0 bridgehead atoms. The molecule has 0 unspecified atom stereocenters. The molecule has 0 saturated carbocycles. The maximum atomic E-state index is 5.38. The Morgan fingerprint density at radius 2 is 1.90 bits per heavy atom. The fourth-order valence-corrected chi connectivity index (χ4v) is 0.807. The minimum absolute atomic E-state index is 0.145. The first-order valence-electron chi connectivity index (χ1n) is 2.75. The Labute approximate surface area is 70.2 Å². The molecular formula is C7H5ClNS. The molecule has 1 radical (unpaired) electrons. The van der Waals surface area contributed by atoms with Crippen molar-refractivity contribution in [3.63, 3.8) is 0 Å². The van der Waals surface area contributed by atoms with E-state index >= 15 is 0 Å². The first kappa shape index (κ1) is 7.51. The highest BCUT2D eigenvalue weighted by Gasteiger charge is 1.86. The van der Waals surface area contributed by atoms with Crippen molar-refractivity contribution in [2.75, 3.05) is 0 Å². The summed E-state index contributed by atoms with van der Waals surface area (Å²) in [5.74, 6) is 0. The molecule has 0 aliphatic heterocycles. The lowest BCUT2D eigenvalue weighted by molar-refractivity contribution is 1.55. The van der Waals surface area contributed by atoms with Gasteiger partial charge >= 0.3 is 0 Å². The number of halogens is 1. The summed E-state index contributed by atoms with van der Waals surface area (Å²) in [4.78, 5) is 3.86. The summed E-state index contributed by atoms with van der Waals surface area (Å²) >= 11 is 9.95. The van der Waals surface area contributed by atoms with Gasteiger partial charge in [0.1, 0.15) is 0 Å². The van der Waals surface area contributed by atoms with E-state index in [2.05, 4.69) is 17.6 Å². The summed E-state index contributed by atoms with van der Waals surface area (Å²) in [5, 5.41) is 0. The van der Waals surface area contributed by atoms with E-state index in [4.69, 9.17) is 11.6 Å². The van der Waals surface area contributed by atoms with Gasteiger partial charge in [-0.05, 0) is 36.4 Å². The Bertz CT molecular complexity index is 229. The molecule has 0 amide bonds. The highest BCUT2D eigenvalue weighted by Crippen LogP contribution is 2.11. The van der Waals surface area contributed by atoms with E-state index in [1.165, 1.54) is 0 Å². The lowest BCUT2D eigenvalue weighted by Crippen LogP contribution is -1.68. The van der Waals surface area contributed by atoms with Crippen molar-refractivity contribution < 1.29 is 0 Å². The van der Waals surface area contributed by atoms with Crippen LogP contribution in [0.15, 0.2) is 35.3 Å². The van der Waals surface area contributed by atoms with Gasteiger partial charge in [0.2, 0.25) is 0 Å². The van der Waals surface area contributed by atoms with Crippen molar-refractivity contribution >= 4 is 34.4 Å². The standard InChI is InChI=1S/C7H5ClNS/c8-7(10)9-6-4-2-1-3-5-6/h1-5H. The number of para-hydroxylation sites is 1. The number of rotatable bonds is 1. The molecule has 0 atom stereocenters. The summed E-state index contributed by atoms with van der Waals surface area (Å²) in [6.45, 7) is 0. The van der Waals surface area contributed by atoms with E-state index < -0.39 is 0 Å². The van der Waals surface area contributed by atoms with Crippen LogP contribution in [0, 0.1) is 0 Å². The minimum atomic E-state index is 0.145. The lowest BCUT2D eigenvalue weighted by Gasteiger charge is -1.88. The van der Waals surface area contributed by atoms with Gasteiger partial charge in [-0.15, -0.1) is 0 Å². The van der Waals surface area contributed by atoms with Crippen LogP contribution in [0.25, 0.3) is 0 Å². The van der Waals surface area contributed by atoms with Gasteiger partial charge in [0.25, 0.3) is 0 Å². The second kappa shape index (κ2) is 3.54. The number of benzene rings is 1. The van der Waals surface area contributed by atoms with Crippen molar-refractivity contribution in [1.29, 1.82) is 0 Å².